The molecule has 0 saturated carbocycles. The molecule has 2 heteroatoms. The van der Waals surface area contributed by atoms with E-state index >= 15 is 0 Å². The van der Waals surface area contributed by atoms with Crippen molar-refractivity contribution in [1.29, 1.82) is 0 Å². The van der Waals surface area contributed by atoms with E-state index in [1.807, 2.05) is 0 Å². The van der Waals surface area contributed by atoms with Gasteiger partial charge in [-0.05, 0) is 0 Å². The minimum atomic E-state index is 0. The van der Waals surface area contributed by atoms with Gasteiger partial charge in [-0.2, -0.15) is 0 Å². The van der Waals surface area contributed by atoms with Crippen molar-refractivity contribution in [3.8, 4) is 0 Å². The van der Waals surface area contributed by atoms with Crippen molar-refractivity contribution in [3.05, 3.63) is 0 Å². The molecule has 0 aromatic carbocycles. The molecule has 3 N–H and O–H groups in total. The van der Waals surface area contributed by atoms with Gasteiger partial charge in [-0.3, -0.25) is 0 Å². The maximum atomic E-state index is 2.23. The van der Waals surface area contributed by atoms with Gasteiger partial charge in [0.25, 0.3) is 0 Å². The first-order chi connectivity index (χ1) is 2.91. The molecule has 0 aliphatic rings. The molecule has 0 aromatic rings. The van der Waals surface area contributed by atoms with E-state index in [0.717, 1.165) is 0 Å². The van der Waals surface area contributed by atoms with Crippen molar-refractivity contribution in [3.63, 3.8) is 0 Å². The zero-order chi connectivity index (χ0) is 4.83. The van der Waals surface area contributed by atoms with Crippen LogP contribution >= 0.6 is 0 Å². The molecule has 0 unspecified atom stereocenters. The quantitative estimate of drug-likeness (QED) is 0.556. The first-order valence-electron chi connectivity index (χ1n) is 2.91. The van der Waals surface area contributed by atoms with Gasteiger partial charge >= 0.3 is 0 Å². The van der Waals surface area contributed by atoms with Crippen LogP contribution in [0.3, 0.4) is 0 Å². The van der Waals surface area contributed by atoms with Gasteiger partial charge in [0.1, 0.15) is 0 Å². The molecule has 0 fully saturated rings. The molecule has 0 heterocycles. The van der Waals surface area contributed by atoms with Crippen LogP contribution in [0.1, 0.15) is 39.5 Å². The summed E-state index contributed by atoms with van der Waals surface area (Å²) < 4.78 is 0. The molecular weight excluding hydrogens is 187 g/mol. The second-order valence-electron chi connectivity index (χ2n) is 1.71. The van der Waals surface area contributed by atoms with Crippen LogP contribution in [0.2, 0.25) is 0 Å². The molecule has 0 atom stereocenters. The monoisotopic (exact) mass is 205 g/mol. The summed E-state index contributed by atoms with van der Waals surface area (Å²) in [4.78, 5) is 0. The molecule has 54 valence electrons. The topological polar surface area (TPSA) is 35.0 Å². The van der Waals surface area contributed by atoms with Crippen LogP contribution in [0.4, 0.5) is 0 Å². The first kappa shape index (κ1) is 15.8. The number of hydrogen-bond donors (Lipinski definition) is 1. The SMILES string of the molecule is CCCCCC.N.[Ru]. The van der Waals surface area contributed by atoms with Crippen LogP contribution in [-0.4, -0.2) is 0 Å². The molecule has 8 heavy (non-hydrogen) atoms. The Balaban J connectivity index is -0.000000125. The van der Waals surface area contributed by atoms with E-state index < -0.39 is 0 Å². The molecule has 0 saturated heterocycles. The maximum absolute atomic E-state index is 2.23. The fourth-order valence-corrected chi connectivity index (χ4v) is 0.500. The molecule has 0 rings (SSSR count). The third kappa shape index (κ3) is 16.0. The van der Waals surface area contributed by atoms with Gasteiger partial charge in [-0.15, -0.1) is 0 Å². The zero-order valence-corrected chi connectivity index (χ0v) is 7.63. The number of unbranched alkanes of at least 4 members (excludes halogenated alkanes) is 3. The van der Waals surface area contributed by atoms with Crippen LogP contribution in [-0.2, 0) is 19.5 Å². The minimum absolute atomic E-state index is 0. The Morgan fingerprint density at radius 3 is 1.25 bits per heavy atom. The Labute approximate surface area is 65.6 Å². The number of rotatable bonds is 3. The predicted octanol–water partition coefficient (Wildman–Crippen LogP) is 2.75. The first-order valence-corrected chi connectivity index (χ1v) is 2.91. The second-order valence-corrected chi connectivity index (χ2v) is 1.71. The number of hydrogen-bond acceptors (Lipinski definition) is 1. The predicted molar refractivity (Wildman–Crippen MR) is 34.8 cm³/mol. The molecule has 0 aliphatic heterocycles. The molecule has 0 amide bonds. The van der Waals surface area contributed by atoms with Crippen molar-refractivity contribution < 1.29 is 19.5 Å². The van der Waals surface area contributed by atoms with Crippen LogP contribution < -0.4 is 6.15 Å². The van der Waals surface area contributed by atoms with Crippen LogP contribution in [0.15, 0.2) is 0 Å². The summed E-state index contributed by atoms with van der Waals surface area (Å²) in [5.74, 6) is 0. The maximum Gasteiger partial charge on any atom is 0 e. The van der Waals surface area contributed by atoms with Gasteiger partial charge in [0.05, 0.1) is 0 Å². The fourth-order valence-electron chi connectivity index (χ4n) is 0.500. The van der Waals surface area contributed by atoms with E-state index in [1.165, 1.54) is 25.7 Å². The second kappa shape index (κ2) is 15.6. The Hall–Kier alpha value is 0.583. The van der Waals surface area contributed by atoms with E-state index in [0.29, 0.717) is 0 Å². The van der Waals surface area contributed by atoms with Gasteiger partial charge in [0, 0.05) is 19.5 Å². The van der Waals surface area contributed by atoms with Crippen molar-refractivity contribution in [2.45, 2.75) is 39.5 Å². The summed E-state index contributed by atoms with van der Waals surface area (Å²) >= 11 is 0. The fraction of sp³-hybridized carbons (Fsp3) is 1.00. The third-order valence-electron chi connectivity index (χ3n) is 0.957. The summed E-state index contributed by atoms with van der Waals surface area (Å²) in [6.07, 6.45) is 5.54. The summed E-state index contributed by atoms with van der Waals surface area (Å²) in [7, 11) is 0. The molecule has 1 nitrogen and oxygen atoms in total. The normalized spacial score (nSPS) is 6.75. The average Bonchev–Trinajstić information content (AvgIpc) is 1.61. The third-order valence-corrected chi connectivity index (χ3v) is 0.957. The van der Waals surface area contributed by atoms with E-state index in [1.54, 1.807) is 0 Å². The van der Waals surface area contributed by atoms with Gasteiger partial charge in [-0.1, -0.05) is 39.5 Å². The van der Waals surface area contributed by atoms with Gasteiger partial charge < -0.3 is 6.15 Å². The largest absolute Gasteiger partial charge is 0.344 e. The Kier molecular flexibility index (Phi) is 31.0. The van der Waals surface area contributed by atoms with Crippen LogP contribution in [0.25, 0.3) is 0 Å². The standard InChI is InChI=1S/C6H14.H3N.Ru/c1-3-5-6-4-2;;/h3-6H2,1-2H3;1H3;. The van der Waals surface area contributed by atoms with Gasteiger partial charge in [0.2, 0.25) is 0 Å². The summed E-state index contributed by atoms with van der Waals surface area (Å²) in [5.41, 5.74) is 0. The molecule has 0 radical (unpaired) electrons. The Morgan fingerprint density at radius 1 is 0.875 bits per heavy atom. The van der Waals surface area contributed by atoms with E-state index in [9.17, 15) is 0 Å². The van der Waals surface area contributed by atoms with Crippen molar-refractivity contribution >= 4 is 0 Å². The van der Waals surface area contributed by atoms with E-state index in [-0.39, 0.29) is 25.6 Å². The average molecular weight is 204 g/mol. The van der Waals surface area contributed by atoms with Crippen LogP contribution in [0, 0.1) is 0 Å². The van der Waals surface area contributed by atoms with Crippen molar-refractivity contribution in [1.82, 2.24) is 6.15 Å². The van der Waals surface area contributed by atoms with Gasteiger partial charge in [0.15, 0.2) is 0 Å². The van der Waals surface area contributed by atoms with E-state index in [4.69, 9.17) is 0 Å². The molecule has 0 aliphatic carbocycles. The summed E-state index contributed by atoms with van der Waals surface area (Å²) in [6, 6.07) is 0. The molecule has 0 aromatic heterocycles. The van der Waals surface area contributed by atoms with E-state index in [2.05, 4.69) is 13.8 Å². The van der Waals surface area contributed by atoms with Crippen LogP contribution in [0.5, 0.6) is 0 Å². The molecule has 0 spiro atoms. The Bertz CT molecular complexity index is 20.5. The van der Waals surface area contributed by atoms with Gasteiger partial charge in [-0.25, -0.2) is 0 Å². The Morgan fingerprint density at radius 2 is 1.12 bits per heavy atom. The summed E-state index contributed by atoms with van der Waals surface area (Å²) in [6.45, 7) is 4.46. The molecule has 0 bridgehead atoms. The molecular formula is C6H17NRu. The zero-order valence-electron chi connectivity index (χ0n) is 5.89. The smallest absolute Gasteiger partial charge is 0 e. The van der Waals surface area contributed by atoms with Crippen molar-refractivity contribution in [2.75, 3.05) is 0 Å². The van der Waals surface area contributed by atoms with Crippen molar-refractivity contribution in [2.24, 2.45) is 0 Å². The summed E-state index contributed by atoms with van der Waals surface area (Å²) in [5, 5.41) is 0. The minimum Gasteiger partial charge on any atom is -0.344 e.